The van der Waals surface area contributed by atoms with Gasteiger partial charge in [-0.25, -0.2) is 5.84 Å². The van der Waals surface area contributed by atoms with Gasteiger partial charge < -0.3 is 4.90 Å². The maximum Gasteiger partial charge on any atom is 0.239 e. The van der Waals surface area contributed by atoms with Gasteiger partial charge in [-0.3, -0.25) is 10.2 Å². The summed E-state index contributed by atoms with van der Waals surface area (Å²) in [5.74, 6) is 5.58. The van der Waals surface area contributed by atoms with Crippen LogP contribution in [0, 0.1) is 11.3 Å². The Morgan fingerprint density at radius 2 is 1.93 bits per heavy atom. The number of hydrogen-bond acceptors (Lipinski definition) is 3. The molecule has 0 unspecified atom stereocenters. The number of amides is 1. The second-order valence-electron chi connectivity index (χ2n) is 4.77. The lowest BCUT2D eigenvalue weighted by Gasteiger charge is -2.38. The van der Waals surface area contributed by atoms with E-state index < -0.39 is 0 Å². The van der Waals surface area contributed by atoms with Crippen LogP contribution in [0.5, 0.6) is 0 Å². The minimum absolute atomic E-state index is 0.0490. The van der Waals surface area contributed by atoms with Crippen molar-refractivity contribution in [1.29, 1.82) is 0 Å². The zero-order chi connectivity index (χ0) is 10.8. The average molecular weight is 199 g/mol. The minimum Gasteiger partial charge on any atom is -0.306 e. The van der Waals surface area contributed by atoms with Crippen LogP contribution in [0.15, 0.2) is 0 Å². The van der Waals surface area contributed by atoms with Crippen molar-refractivity contribution in [3.8, 4) is 0 Å². The highest BCUT2D eigenvalue weighted by molar-refractivity contribution is 5.81. The highest BCUT2D eigenvalue weighted by atomic mass is 16.2. The number of rotatable bonds is 2. The molecule has 0 atom stereocenters. The molecule has 0 bridgehead atoms. The van der Waals surface area contributed by atoms with Crippen molar-refractivity contribution in [2.45, 2.75) is 26.7 Å². The summed E-state index contributed by atoms with van der Waals surface area (Å²) >= 11 is 0. The molecular formula is C10H21N3O. The molecule has 0 aliphatic carbocycles. The van der Waals surface area contributed by atoms with Crippen LogP contribution in [-0.2, 0) is 4.79 Å². The van der Waals surface area contributed by atoms with Crippen molar-refractivity contribution in [2.24, 2.45) is 17.2 Å². The fourth-order valence-corrected chi connectivity index (χ4v) is 2.10. The van der Waals surface area contributed by atoms with Crippen LogP contribution in [0.4, 0.5) is 0 Å². The van der Waals surface area contributed by atoms with E-state index in [2.05, 4.69) is 17.4 Å². The Kier molecular flexibility index (Phi) is 3.50. The largest absolute Gasteiger partial charge is 0.306 e. The van der Waals surface area contributed by atoms with Crippen molar-refractivity contribution < 1.29 is 4.79 Å². The molecule has 14 heavy (non-hydrogen) atoms. The monoisotopic (exact) mass is 199 g/mol. The first-order valence-electron chi connectivity index (χ1n) is 5.18. The number of piperidine rings is 1. The SMILES string of the molecule is CN1CCC(C(C)(C)C(=O)NN)CC1. The summed E-state index contributed by atoms with van der Waals surface area (Å²) in [7, 11) is 2.12. The molecule has 1 saturated heterocycles. The van der Waals surface area contributed by atoms with Gasteiger partial charge in [-0.1, -0.05) is 13.8 Å². The molecule has 0 spiro atoms. The maximum absolute atomic E-state index is 11.6. The molecule has 1 amide bonds. The summed E-state index contributed by atoms with van der Waals surface area (Å²) in [4.78, 5) is 13.9. The highest BCUT2D eigenvalue weighted by Crippen LogP contribution is 2.34. The smallest absolute Gasteiger partial charge is 0.239 e. The van der Waals surface area contributed by atoms with E-state index in [9.17, 15) is 4.79 Å². The second-order valence-corrected chi connectivity index (χ2v) is 4.77. The Balaban J connectivity index is 2.59. The number of likely N-dealkylation sites (tertiary alicyclic amines) is 1. The fourth-order valence-electron chi connectivity index (χ4n) is 2.10. The van der Waals surface area contributed by atoms with Crippen LogP contribution in [0.1, 0.15) is 26.7 Å². The standard InChI is InChI=1S/C10H21N3O/c1-10(2,9(14)12-11)8-4-6-13(3)7-5-8/h8H,4-7,11H2,1-3H3,(H,12,14). The molecule has 3 N–H and O–H groups in total. The van der Waals surface area contributed by atoms with E-state index in [4.69, 9.17) is 5.84 Å². The summed E-state index contributed by atoms with van der Waals surface area (Å²) in [6.07, 6.45) is 2.16. The molecule has 1 heterocycles. The van der Waals surface area contributed by atoms with Gasteiger partial charge in [0.1, 0.15) is 0 Å². The van der Waals surface area contributed by atoms with Gasteiger partial charge in [0, 0.05) is 5.41 Å². The lowest BCUT2D eigenvalue weighted by atomic mass is 9.73. The summed E-state index contributed by atoms with van der Waals surface area (Å²) in [6.45, 7) is 6.11. The van der Waals surface area contributed by atoms with Gasteiger partial charge in [-0.15, -0.1) is 0 Å². The third-order valence-electron chi connectivity index (χ3n) is 3.46. The molecule has 0 aromatic rings. The molecule has 0 aromatic carbocycles. The predicted octanol–water partition coefficient (Wildman–Crippen LogP) is 0.344. The van der Waals surface area contributed by atoms with Crippen molar-refractivity contribution in [2.75, 3.05) is 20.1 Å². The van der Waals surface area contributed by atoms with Crippen LogP contribution in [0.3, 0.4) is 0 Å². The first kappa shape index (κ1) is 11.5. The number of carbonyl (C=O) groups is 1. The molecule has 0 aromatic heterocycles. The third kappa shape index (κ3) is 2.25. The Hall–Kier alpha value is -0.610. The summed E-state index contributed by atoms with van der Waals surface area (Å²) in [5.41, 5.74) is 1.92. The summed E-state index contributed by atoms with van der Waals surface area (Å²) < 4.78 is 0. The lowest BCUT2D eigenvalue weighted by molar-refractivity contribution is -0.133. The van der Waals surface area contributed by atoms with E-state index in [0.29, 0.717) is 5.92 Å². The lowest BCUT2D eigenvalue weighted by Crippen LogP contribution is -2.47. The van der Waals surface area contributed by atoms with E-state index in [-0.39, 0.29) is 11.3 Å². The first-order chi connectivity index (χ1) is 6.48. The molecule has 82 valence electrons. The van der Waals surface area contributed by atoms with E-state index >= 15 is 0 Å². The topological polar surface area (TPSA) is 58.4 Å². The van der Waals surface area contributed by atoms with E-state index in [1.54, 1.807) is 0 Å². The normalized spacial score (nSPS) is 20.9. The summed E-state index contributed by atoms with van der Waals surface area (Å²) in [5, 5.41) is 0. The quantitative estimate of drug-likeness (QED) is 0.383. The van der Waals surface area contributed by atoms with Crippen LogP contribution >= 0.6 is 0 Å². The average Bonchev–Trinajstić information content (AvgIpc) is 2.17. The van der Waals surface area contributed by atoms with Crippen LogP contribution < -0.4 is 11.3 Å². The number of nitrogens with one attached hydrogen (secondary N) is 1. The highest BCUT2D eigenvalue weighted by Gasteiger charge is 2.37. The van der Waals surface area contributed by atoms with Gasteiger partial charge in [0.05, 0.1) is 0 Å². The number of nitrogens with two attached hydrogens (primary N) is 1. The second kappa shape index (κ2) is 4.28. The van der Waals surface area contributed by atoms with Crippen molar-refractivity contribution in [3.05, 3.63) is 0 Å². The van der Waals surface area contributed by atoms with Gasteiger partial charge in [0.15, 0.2) is 0 Å². The summed E-state index contributed by atoms with van der Waals surface area (Å²) in [6, 6.07) is 0. The van der Waals surface area contributed by atoms with Gasteiger partial charge in [-0.05, 0) is 38.9 Å². The van der Waals surface area contributed by atoms with Crippen LogP contribution in [-0.4, -0.2) is 30.9 Å². The molecule has 1 rings (SSSR count). The van der Waals surface area contributed by atoms with Gasteiger partial charge in [-0.2, -0.15) is 0 Å². The molecule has 0 saturated carbocycles. The molecular weight excluding hydrogens is 178 g/mol. The van der Waals surface area contributed by atoms with E-state index in [0.717, 1.165) is 25.9 Å². The Labute approximate surface area is 85.8 Å². The number of hydrogen-bond donors (Lipinski definition) is 2. The van der Waals surface area contributed by atoms with Crippen molar-refractivity contribution >= 4 is 5.91 Å². The Morgan fingerprint density at radius 1 is 1.43 bits per heavy atom. The van der Waals surface area contributed by atoms with Crippen LogP contribution in [0.2, 0.25) is 0 Å². The molecule has 0 radical (unpaired) electrons. The maximum atomic E-state index is 11.6. The molecule has 1 aliphatic heterocycles. The van der Waals surface area contributed by atoms with Crippen LogP contribution in [0.25, 0.3) is 0 Å². The number of carbonyl (C=O) groups excluding carboxylic acids is 1. The van der Waals surface area contributed by atoms with Crippen molar-refractivity contribution in [3.63, 3.8) is 0 Å². The van der Waals surface area contributed by atoms with E-state index in [1.807, 2.05) is 13.8 Å². The predicted molar refractivity (Wildman–Crippen MR) is 56.3 cm³/mol. The minimum atomic E-state index is -0.337. The molecule has 1 aliphatic rings. The Bertz CT molecular complexity index is 207. The zero-order valence-corrected chi connectivity index (χ0v) is 9.34. The zero-order valence-electron chi connectivity index (χ0n) is 9.34. The fraction of sp³-hybridized carbons (Fsp3) is 0.900. The number of nitrogens with zero attached hydrogens (tertiary/aromatic N) is 1. The van der Waals surface area contributed by atoms with E-state index in [1.165, 1.54) is 0 Å². The van der Waals surface area contributed by atoms with Gasteiger partial charge in [0.2, 0.25) is 5.91 Å². The third-order valence-corrected chi connectivity index (χ3v) is 3.46. The molecule has 4 heteroatoms. The number of hydrazine groups is 1. The Morgan fingerprint density at radius 3 is 2.36 bits per heavy atom. The first-order valence-corrected chi connectivity index (χ1v) is 5.18. The molecule has 4 nitrogen and oxygen atoms in total. The van der Waals surface area contributed by atoms with Crippen molar-refractivity contribution in [1.82, 2.24) is 10.3 Å². The molecule has 1 fully saturated rings. The van der Waals surface area contributed by atoms with Gasteiger partial charge in [0.25, 0.3) is 0 Å². The van der Waals surface area contributed by atoms with Gasteiger partial charge >= 0.3 is 0 Å².